The SMILES string of the molecule is [CH2]C=CCOP(=O)(O)O. The van der Waals surface area contributed by atoms with Gasteiger partial charge >= 0.3 is 7.82 Å². The molecule has 2 N–H and O–H groups in total. The molecule has 1 radical (unpaired) electrons. The number of phosphoric ester groups is 1. The van der Waals surface area contributed by atoms with Crippen molar-refractivity contribution >= 4 is 7.82 Å². The summed E-state index contributed by atoms with van der Waals surface area (Å²) in [5, 5.41) is 0. The van der Waals surface area contributed by atoms with Crippen LogP contribution in [0.25, 0.3) is 0 Å². The van der Waals surface area contributed by atoms with Crippen LogP contribution in [0.3, 0.4) is 0 Å². The Kier molecular flexibility index (Phi) is 3.73. The minimum Gasteiger partial charge on any atom is -0.303 e. The second-order valence-corrected chi connectivity index (χ2v) is 2.50. The standard InChI is InChI=1S/C4H8O4P/c1-2-3-4-8-9(5,6)7/h2-3H,1,4H2,(H2,5,6,7). The number of hydrogen-bond donors (Lipinski definition) is 2. The zero-order chi connectivity index (χ0) is 7.33. The maximum Gasteiger partial charge on any atom is 0.469 e. The van der Waals surface area contributed by atoms with Crippen molar-refractivity contribution < 1.29 is 18.9 Å². The summed E-state index contributed by atoms with van der Waals surface area (Å²) < 4.78 is 13.9. The Morgan fingerprint density at radius 2 is 2.22 bits per heavy atom. The van der Waals surface area contributed by atoms with Crippen molar-refractivity contribution in [2.24, 2.45) is 0 Å². The second-order valence-electron chi connectivity index (χ2n) is 1.26. The van der Waals surface area contributed by atoms with E-state index < -0.39 is 7.82 Å². The number of phosphoric acid groups is 1. The molecule has 0 unspecified atom stereocenters. The zero-order valence-electron chi connectivity index (χ0n) is 4.73. The smallest absolute Gasteiger partial charge is 0.303 e. The Morgan fingerprint density at radius 1 is 1.67 bits per heavy atom. The Bertz CT molecular complexity index is 136. The first kappa shape index (κ1) is 8.85. The summed E-state index contributed by atoms with van der Waals surface area (Å²) in [6, 6.07) is 0. The van der Waals surface area contributed by atoms with Gasteiger partial charge in [0.25, 0.3) is 0 Å². The van der Waals surface area contributed by atoms with Crippen LogP contribution in [0.4, 0.5) is 0 Å². The van der Waals surface area contributed by atoms with Crippen molar-refractivity contribution in [3.8, 4) is 0 Å². The average Bonchev–Trinajstić information content (AvgIpc) is 1.63. The number of hydrogen-bond acceptors (Lipinski definition) is 2. The van der Waals surface area contributed by atoms with Crippen LogP contribution in [0, 0.1) is 6.92 Å². The van der Waals surface area contributed by atoms with Gasteiger partial charge in [-0.3, -0.25) is 4.52 Å². The Balaban J connectivity index is 3.40. The van der Waals surface area contributed by atoms with Crippen LogP contribution < -0.4 is 0 Å². The molecule has 0 aliphatic heterocycles. The van der Waals surface area contributed by atoms with E-state index in [1.54, 1.807) is 0 Å². The Morgan fingerprint density at radius 3 is 2.56 bits per heavy atom. The van der Waals surface area contributed by atoms with Crippen molar-refractivity contribution in [3.05, 3.63) is 19.1 Å². The van der Waals surface area contributed by atoms with E-state index in [4.69, 9.17) is 9.79 Å². The van der Waals surface area contributed by atoms with E-state index in [0.29, 0.717) is 0 Å². The first-order valence-electron chi connectivity index (χ1n) is 2.20. The summed E-state index contributed by atoms with van der Waals surface area (Å²) in [6.07, 6.45) is 2.80. The van der Waals surface area contributed by atoms with E-state index in [1.807, 2.05) is 0 Å². The molecule has 0 aromatic heterocycles. The molecule has 0 aromatic rings. The van der Waals surface area contributed by atoms with Gasteiger partial charge in [0.2, 0.25) is 0 Å². The summed E-state index contributed by atoms with van der Waals surface area (Å²) in [6.45, 7) is 3.19. The van der Waals surface area contributed by atoms with Crippen molar-refractivity contribution in [2.75, 3.05) is 6.61 Å². The molecule has 0 rings (SSSR count). The third-order valence-corrected chi connectivity index (χ3v) is 0.991. The highest BCUT2D eigenvalue weighted by Crippen LogP contribution is 2.35. The molecule has 0 aliphatic carbocycles. The highest BCUT2D eigenvalue weighted by molar-refractivity contribution is 7.46. The third-order valence-electron chi connectivity index (χ3n) is 0.506. The van der Waals surface area contributed by atoms with Gasteiger partial charge in [0.05, 0.1) is 6.61 Å². The van der Waals surface area contributed by atoms with Gasteiger partial charge in [-0.25, -0.2) is 4.57 Å². The predicted molar refractivity (Wildman–Crippen MR) is 32.5 cm³/mol. The van der Waals surface area contributed by atoms with E-state index in [1.165, 1.54) is 12.2 Å². The summed E-state index contributed by atoms with van der Waals surface area (Å²) in [4.78, 5) is 16.2. The molecule has 0 heterocycles. The van der Waals surface area contributed by atoms with Gasteiger partial charge < -0.3 is 9.79 Å². The van der Waals surface area contributed by atoms with Gasteiger partial charge in [0.1, 0.15) is 0 Å². The van der Waals surface area contributed by atoms with Crippen molar-refractivity contribution in [3.63, 3.8) is 0 Å². The largest absolute Gasteiger partial charge is 0.469 e. The lowest BCUT2D eigenvalue weighted by molar-refractivity contribution is 0.215. The van der Waals surface area contributed by atoms with Crippen LogP contribution in [0.1, 0.15) is 0 Å². The van der Waals surface area contributed by atoms with E-state index in [-0.39, 0.29) is 6.61 Å². The van der Waals surface area contributed by atoms with E-state index in [9.17, 15) is 4.57 Å². The fraction of sp³-hybridized carbons (Fsp3) is 0.250. The van der Waals surface area contributed by atoms with Crippen LogP contribution in [-0.2, 0) is 9.09 Å². The Hall–Kier alpha value is -0.150. The van der Waals surface area contributed by atoms with Crippen LogP contribution in [0.5, 0.6) is 0 Å². The topological polar surface area (TPSA) is 66.8 Å². The molecule has 5 heteroatoms. The van der Waals surface area contributed by atoms with Gasteiger partial charge in [-0.15, -0.1) is 0 Å². The lowest BCUT2D eigenvalue weighted by Crippen LogP contribution is -1.86. The highest BCUT2D eigenvalue weighted by Gasteiger charge is 2.10. The molecule has 0 spiro atoms. The quantitative estimate of drug-likeness (QED) is 0.576. The monoisotopic (exact) mass is 151 g/mol. The van der Waals surface area contributed by atoms with Crippen LogP contribution >= 0.6 is 7.82 Å². The molecular formula is C4H8O4P. The molecule has 0 fully saturated rings. The van der Waals surface area contributed by atoms with E-state index in [2.05, 4.69) is 11.4 Å². The fourth-order valence-electron chi connectivity index (χ4n) is 0.208. The van der Waals surface area contributed by atoms with Gasteiger partial charge in [0, 0.05) is 0 Å². The average molecular weight is 151 g/mol. The molecule has 0 amide bonds. The van der Waals surface area contributed by atoms with E-state index in [0.717, 1.165) is 0 Å². The molecule has 9 heavy (non-hydrogen) atoms. The first-order chi connectivity index (χ1) is 4.06. The third kappa shape index (κ3) is 7.85. The summed E-state index contributed by atoms with van der Waals surface area (Å²) >= 11 is 0. The predicted octanol–water partition coefficient (Wildman–Crippen LogP) is 0.486. The molecular weight excluding hydrogens is 143 g/mol. The van der Waals surface area contributed by atoms with Crippen LogP contribution in [0.15, 0.2) is 12.2 Å². The van der Waals surface area contributed by atoms with Crippen molar-refractivity contribution in [1.82, 2.24) is 0 Å². The van der Waals surface area contributed by atoms with Crippen LogP contribution in [-0.4, -0.2) is 16.4 Å². The normalized spacial score (nSPS) is 12.8. The first-order valence-corrected chi connectivity index (χ1v) is 3.73. The number of rotatable bonds is 3. The van der Waals surface area contributed by atoms with Gasteiger partial charge in [-0.2, -0.15) is 0 Å². The highest BCUT2D eigenvalue weighted by atomic mass is 31.2. The summed E-state index contributed by atoms with van der Waals surface area (Å²) in [7, 11) is -4.27. The van der Waals surface area contributed by atoms with Gasteiger partial charge in [-0.1, -0.05) is 12.2 Å². The molecule has 0 atom stereocenters. The van der Waals surface area contributed by atoms with Gasteiger partial charge in [-0.05, 0) is 6.92 Å². The van der Waals surface area contributed by atoms with Crippen molar-refractivity contribution in [1.29, 1.82) is 0 Å². The Labute approximate surface area is 53.4 Å². The lowest BCUT2D eigenvalue weighted by Gasteiger charge is -1.99. The molecule has 0 saturated heterocycles. The minimum absolute atomic E-state index is 0.103. The maximum atomic E-state index is 9.92. The zero-order valence-corrected chi connectivity index (χ0v) is 5.62. The summed E-state index contributed by atoms with van der Waals surface area (Å²) in [5.41, 5.74) is 0. The van der Waals surface area contributed by atoms with E-state index >= 15 is 0 Å². The second kappa shape index (κ2) is 3.80. The molecule has 0 aromatic carbocycles. The van der Waals surface area contributed by atoms with Crippen molar-refractivity contribution in [2.45, 2.75) is 0 Å². The summed E-state index contributed by atoms with van der Waals surface area (Å²) in [5.74, 6) is 0. The molecule has 0 bridgehead atoms. The molecule has 4 nitrogen and oxygen atoms in total. The van der Waals surface area contributed by atoms with Gasteiger partial charge in [0.15, 0.2) is 0 Å². The fourth-order valence-corrected chi connectivity index (χ4v) is 0.488. The maximum absolute atomic E-state index is 9.92. The molecule has 0 saturated carbocycles. The van der Waals surface area contributed by atoms with Crippen LogP contribution in [0.2, 0.25) is 0 Å². The molecule has 53 valence electrons. The number of allylic oxidation sites excluding steroid dienone is 1. The minimum atomic E-state index is -4.27. The lowest BCUT2D eigenvalue weighted by atomic mass is 10.6. The molecule has 0 aliphatic rings.